The maximum absolute atomic E-state index is 12.1. The number of sulfonamides is 1. The fourth-order valence-electron chi connectivity index (χ4n) is 1.72. The molecule has 102 valence electrons. The van der Waals surface area contributed by atoms with Gasteiger partial charge in [0.05, 0.1) is 12.0 Å². The number of anilines is 1. The number of nitrogens with zero attached hydrogens (tertiary/aromatic N) is 1. The van der Waals surface area contributed by atoms with E-state index in [0.29, 0.717) is 12.2 Å². The minimum Gasteiger partial charge on any atom is -0.469 e. The van der Waals surface area contributed by atoms with Gasteiger partial charge in [0, 0.05) is 24.9 Å². The molecule has 0 aromatic carbocycles. The van der Waals surface area contributed by atoms with Gasteiger partial charge in [0.2, 0.25) is 10.0 Å². The highest BCUT2D eigenvalue weighted by molar-refractivity contribution is 7.89. The van der Waals surface area contributed by atoms with Crippen LogP contribution in [0.4, 0.5) is 5.69 Å². The minimum absolute atomic E-state index is 0.0127. The first-order valence-electron chi connectivity index (χ1n) is 5.73. The molecular formula is C12H15N3O3S. The van der Waals surface area contributed by atoms with Gasteiger partial charge in [0.25, 0.3) is 0 Å². The van der Waals surface area contributed by atoms with Crippen molar-refractivity contribution in [1.82, 2.24) is 9.71 Å². The number of nitrogens with one attached hydrogen (secondary N) is 1. The van der Waals surface area contributed by atoms with Crippen LogP contribution in [0.1, 0.15) is 12.7 Å². The van der Waals surface area contributed by atoms with E-state index in [1.165, 1.54) is 18.5 Å². The lowest BCUT2D eigenvalue weighted by atomic mass is 10.2. The molecule has 0 saturated heterocycles. The molecule has 0 fully saturated rings. The summed E-state index contributed by atoms with van der Waals surface area (Å²) in [5.74, 6) is 0.717. The van der Waals surface area contributed by atoms with Crippen LogP contribution in [-0.2, 0) is 16.4 Å². The summed E-state index contributed by atoms with van der Waals surface area (Å²) in [7, 11) is -3.67. The smallest absolute Gasteiger partial charge is 0.244 e. The summed E-state index contributed by atoms with van der Waals surface area (Å²) >= 11 is 0. The van der Waals surface area contributed by atoms with E-state index >= 15 is 0 Å². The molecule has 19 heavy (non-hydrogen) atoms. The van der Waals surface area contributed by atoms with Gasteiger partial charge >= 0.3 is 0 Å². The number of rotatable bonds is 5. The van der Waals surface area contributed by atoms with Crippen LogP contribution in [0.3, 0.4) is 0 Å². The van der Waals surface area contributed by atoms with E-state index in [1.54, 1.807) is 25.3 Å². The molecule has 6 nitrogen and oxygen atoms in total. The molecule has 1 atom stereocenters. The fourth-order valence-corrected chi connectivity index (χ4v) is 3.03. The van der Waals surface area contributed by atoms with Crippen molar-refractivity contribution in [2.24, 2.45) is 0 Å². The molecule has 2 aromatic rings. The van der Waals surface area contributed by atoms with Crippen molar-refractivity contribution in [3.63, 3.8) is 0 Å². The van der Waals surface area contributed by atoms with E-state index in [4.69, 9.17) is 10.2 Å². The summed E-state index contributed by atoms with van der Waals surface area (Å²) in [5, 5.41) is 0. The van der Waals surface area contributed by atoms with E-state index in [2.05, 4.69) is 9.71 Å². The lowest BCUT2D eigenvalue weighted by molar-refractivity contribution is 0.479. The van der Waals surface area contributed by atoms with E-state index in [9.17, 15) is 8.42 Å². The van der Waals surface area contributed by atoms with Crippen LogP contribution in [0, 0.1) is 0 Å². The third-order valence-electron chi connectivity index (χ3n) is 2.55. The molecule has 2 heterocycles. The summed E-state index contributed by atoms with van der Waals surface area (Å²) in [6.07, 6.45) is 4.69. The number of hydrogen-bond acceptors (Lipinski definition) is 5. The molecule has 2 rings (SSSR count). The molecule has 0 radical (unpaired) electrons. The highest BCUT2D eigenvalue weighted by Crippen LogP contribution is 2.16. The average Bonchev–Trinajstić information content (AvgIpc) is 2.81. The van der Waals surface area contributed by atoms with Crippen molar-refractivity contribution in [1.29, 1.82) is 0 Å². The quantitative estimate of drug-likeness (QED) is 0.857. The second kappa shape index (κ2) is 5.41. The molecule has 2 aromatic heterocycles. The van der Waals surface area contributed by atoms with Crippen molar-refractivity contribution in [2.45, 2.75) is 24.3 Å². The SMILES string of the molecule is CC(Cc1ccco1)NS(=O)(=O)c1cnccc1N. The van der Waals surface area contributed by atoms with Crippen LogP contribution < -0.4 is 10.5 Å². The first kappa shape index (κ1) is 13.6. The predicted molar refractivity (Wildman–Crippen MR) is 70.8 cm³/mol. The lowest BCUT2D eigenvalue weighted by Gasteiger charge is -2.13. The summed E-state index contributed by atoms with van der Waals surface area (Å²) < 4.78 is 32.0. The molecule has 0 saturated carbocycles. The largest absolute Gasteiger partial charge is 0.469 e. The van der Waals surface area contributed by atoms with Gasteiger partial charge in [-0.3, -0.25) is 4.98 Å². The molecule has 1 unspecified atom stereocenters. The van der Waals surface area contributed by atoms with Gasteiger partial charge in [-0.05, 0) is 25.1 Å². The zero-order chi connectivity index (χ0) is 13.9. The average molecular weight is 281 g/mol. The number of nitrogen functional groups attached to an aromatic ring is 1. The van der Waals surface area contributed by atoms with Crippen molar-refractivity contribution in [2.75, 3.05) is 5.73 Å². The Bertz CT molecular complexity index is 638. The normalized spacial score (nSPS) is 13.3. The van der Waals surface area contributed by atoms with E-state index in [0.717, 1.165) is 0 Å². The van der Waals surface area contributed by atoms with Gasteiger partial charge in [0.15, 0.2) is 0 Å². The fraction of sp³-hybridized carbons (Fsp3) is 0.250. The summed E-state index contributed by atoms with van der Waals surface area (Å²) in [6, 6.07) is 4.70. The van der Waals surface area contributed by atoms with Crippen molar-refractivity contribution in [3.8, 4) is 0 Å². The molecule has 7 heteroatoms. The number of nitrogens with two attached hydrogens (primary N) is 1. The summed E-state index contributed by atoms with van der Waals surface area (Å²) in [4.78, 5) is 3.76. The van der Waals surface area contributed by atoms with E-state index < -0.39 is 10.0 Å². The summed E-state index contributed by atoms with van der Waals surface area (Å²) in [5.41, 5.74) is 5.81. The Balaban J connectivity index is 2.11. The number of aromatic nitrogens is 1. The third kappa shape index (κ3) is 3.33. The van der Waals surface area contributed by atoms with Gasteiger partial charge < -0.3 is 10.2 Å². The Morgan fingerprint density at radius 3 is 2.89 bits per heavy atom. The molecule has 0 aliphatic carbocycles. The molecule has 0 aliphatic rings. The summed E-state index contributed by atoms with van der Waals surface area (Å²) in [6.45, 7) is 1.76. The van der Waals surface area contributed by atoms with Gasteiger partial charge in [-0.1, -0.05) is 0 Å². The van der Waals surface area contributed by atoms with Crippen molar-refractivity contribution in [3.05, 3.63) is 42.6 Å². The monoisotopic (exact) mass is 281 g/mol. The van der Waals surface area contributed by atoms with Crippen molar-refractivity contribution >= 4 is 15.7 Å². The number of hydrogen-bond donors (Lipinski definition) is 2. The van der Waals surface area contributed by atoms with Crippen LogP contribution in [0.5, 0.6) is 0 Å². The second-order valence-corrected chi connectivity index (χ2v) is 5.90. The van der Waals surface area contributed by atoms with Crippen LogP contribution in [0.2, 0.25) is 0 Å². The maximum atomic E-state index is 12.1. The molecule has 0 bridgehead atoms. The Morgan fingerprint density at radius 2 is 2.26 bits per heavy atom. The minimum atomic E-state index is -3.67. The predicted octanol–water partition coefficient (Wildman–Crippen LogP) is 1.17. The van der Waals surface area contributed by atoms with Gasteiger partial charge in [-0.15, -0.1) is 0 Å². The van der Waals surface area contributed by atoms with Crippen LogP contribution in [-0.4, -0.2) is 19.4 Å². The Morgan fingerprint density at radius 1 is 1.47 bits per heavy atom. The van der Waals surface area contributed by atoms with E-state index in [1.807, 2.05) is 0 Å². The van der Waals surface area contributed by atoms with Crippen LogP contribution >= 0.6 is 0 Å². The van der Waals surface area contributed by atoms with Gasteiger partial charge in [-0.2, -0.15) is 0 Å². The van der Waals surface area contributed by atoms with E-state index in [-0.39, 0.29) is 16.6 Å². The van der Waals surface area contributed by atoms with Crippen LogP contribution in [0.15, 0.2) is 46.2 Å². The first-order valence-corrected chi connectivity index (χ1v) is 7.21. The van der Waals surface area contributed by atoms with Gasteiger partial charge in [-0.25, -0.2) is 13.1 Å². The zero-order valence-corrected chi connectivity index (χ0v) is 11.2. The highest BCUT2D eigenvalue weighted by atomic mass is 32.2. The Kier molecular flexibility index (Phi) is 3.87. The molecular weight excluding hydrogens is 266 g/mol. The van der Waals surface area contributed by atoms with Crippen LogP contribution in [0.25, 0.3) is 0 Å². The standard InChI is InChI=1S/C12H15N3O3S/c1-9(7-10-3-2-6-18-10)15-19(16,17)12-8-14-5-4-11(12)13/h2-6,8-9,15H,7H2,1H3,(H2,13,14). The molecule has 0 amide bonds. The number of furan rings is 1. The molecule has 0 aliphatic heterocycles. The first-order chi connectivity index (χ1) is 8.99. The van der Waals surface area contributed by atoms with Crippen molar-refractivity contribution < 1.29 is 12.8 Å². The Labute approximate surface area is 111 Å². The maximum Gasteiger partial charge on any atom is 0.244 e. The molecule has 3 N–H and O–H groups in total. The Hall–Kier alpha value is -1.86. The molecule has 0 spiro atoms. The zero-order valence-electron chi connectivity index (χ0n) is 10.4. The second-order valence-electron chi connectivity index (χ2n) is 4.22. The lowest BCUT2D eigenvalue weighted by Crippen LogP contribution is -2.34. The third-order valence-corrected chi connectivity index (χ3v) is 4.18. The number of pyridine rings is 1. The topological polar surface area (TPSA) is 98.2 Å². The highest BCUT2D eigenvalue weighted by Gasteiger charge is 2.20. The van der Waals surface area contributed by atoms with Gasteiger partial charge in [0.1, 0.15) is 10.7 Å².